The van der Waals surface area contributed by atoms with Gasteiger partial charge in [-0.05, 0) is 48.5 Å². The van der Waals surface area contributed by atoms with E-state index in [9.17, 15) is 14.4 Å². The molecule has 4 rings (SSSR count). The molecule has 0 bridgehead atoms. The van der Waals surface area contributed by atoms with Gasteiger partial charge in [-0.1, -0.05) is 13.2 Å². The van der Waals surface area contributed by atoms with Crippen LogP contribution in [-0.4, -0.2) is 81.8 Å². The van der Waals surface area contributed by atoms with Gasteiger partial charge in [-0.25, -0.2) is 14.4 Å². The molecule has 12 nitrogen and oxygen atoms in total. The number of carbonyl (C=O) groups is 3. The normalized spacial score (nSPS) is 21.4. The second kappa shape index (κ2) is 15.0. The Balaban J connectivity index is 1.22. The lowest BCUT2D eigenvalue weighted by molar-refractivity contribution is -0.154. The fraction of sp³-hybridized carbons (Fsp3) is 0.367. The van der Waals surface area contributed by atoms with Crippen LogP contribution in [-0.2, 0) is 38.0 Å². The van der Waals surface area contributed by atoms with E-state index in [-0.39, 0.29) is 25.6 Å². The topological polar surface area (TPSA) is 134 Å². The van der Waals surface area contributed by atoms with E-state index >= 15 is 0 Å². The van der Waals surface area contributed by atoms with Gasteiger partial charge in [0.25, 0.3) is 0 Å². The number of benzene rings is 2. The molecule has 0 amide bonds. The van der Waals surface area contributed by atoms with E-state index in [0.717, 1.165) is 6.08 Å². The Hall–Kier alpha value is -4.39. The van der Waals surface area contributed by atoms with Crippen molar-refractivity contribution in [1.82, 2.24) is 0 Å². The van der Waals surface area contributed by atoms with Crippen LogP contribution in [0.4, 0.5) is 0 Å². The Labute approximate surface area is 242 Å². The van der Waals surface area contributed by atoms with Crippen molar-refractivity contribution in [2.45, 2.75) is 37.6 Å². The van der Waals surface area contributed by atoms with Gasteiger partial charge < -0.3 is 42.6 Å². The molecule has 2 aromatic carbocycles. The third-order valence-corrected chi connectivity index (χ3v) is 6.18. The Bertz CT molecular complexity index is 1230. The fourth-order valence-electron chi connectivity index (χ4n) is 4.20. The molecule has 42 heavy (non-hydrogen) atoms. The summed E-state index contributed by atoms with van der Waals surface area (Å²) >= 11 is 0. The van der Waals surface area contributed by atoms with Crippen LogP contribution in [0.5, 0.6) is 11.5 Å². The lowest BCUT2D eigenvalue weighted by Crippen LogP contribution is -2.36. The lowest BCUT2D eigenvalue weighted by Gasteiger charge is -2.18. The molecular formula is C30H32O12. The van der Waals surface area contributed by atoms with Crippen LogP contribution in [0.1, 0.15) is 27.6 Å². The molecule has 2 aliphatic rings. The monoisotopic (exact) mass is 584 g/mol. The van der Waals surface area contributed by atoms with E-state index in [1.54, 1.807) is 43.3 Å². The first-order valence-electron chi connectivity index (χ1n) is 13.2. The zero-order valence-corrected chi connectivity index (χ0v) is 23.0. The Morgan fingerprint density at radius 3 is 1.93 bits per heavy atom. The zero-order valence-electron chi connectivity index (χ0n) is 23.0. The first-order valence-corrected chi connectivity index (χ1v) is 13.2. The summed E-state index contributed by atoms with van der Waals surface area (Å²) < 4.78 is 48.9. The van der Waals surface area contributed by atoms with Gasteiger partial charge in [0.1, 0.15) is 30.3 Å². The highest BCUT2D eigenvalue weighted by molar-refractivity contribution is 5.90. The van der Waals surface area contributed by atoms with Crippen LogP contribution in [0.25, 0.3) is 0 Å². The van der Waals surface area contributed by atoms with Gasteiger partial charge >= 0.3 is 17.9 Å². The lowest BCUT2D eigenvalue weighted by atomic mass is 10.1. The molecule has 2 aromatic rings. The molecule has 0 N–H and O–H groups in total. The minimum Gasteiger partial charge on any atom is -0.491 e. The number of ether oxygens (including phenoxy) is 9. The standard InChI is InChI=1S/C30H32O12/c1-4-26(31)40-19(3)39-23-12-8-21(9-13-23)30(33)42-25-17-38-27-24(16-37-28(25)27)41-29(32)20-6-10-22(11-7-20)36-15-14-35-18-34-5-2/h4-13,19,24-25,27-28H,1-2,14-18H2,3H3/t19?,24-,25-,27-,28-/m0/s1. The van der Waals surface area contributed by atoms with Gasteiger partial charge in [0.15, 0.2) is 19.0 Å². The van der Waals surface area contributed by atoms with E-state index in [4.69, 9.17) is 42.6 Å². The van der Waals surface area contributed by atoms with Gasteiger partial charge in [0, 0.05) is 13.0 Å². The number of esters is 3. The summed E-state index contributed by atoms with van der Waals surface area (Å²) in [6.07, 6.45) is -1.00. The highest BCUT2D eigenvalue weighted by Gasteiger charge is 2.51. The molecule has 5 atom stereocenters. The maximum Gasteiger partial charge on any atom is 0.338 e. The largest absolute Gasteiger partial charge is 0.491 e. The van der Waals surface area contributed by atoms with E-state index in [1.807, 2.05) is 0 Å². The van der Waals surface area contributed by atoms with E-state index in [1.165, 1.54) is 18.4 Å². The van der Waals surface area contributed by atoms with Gasteiger partial charge in [-0.3, -0.25) is 0 Å². The maximum absolute atomic E-state index is 12.7. The number of hydrogen-bond acceptors (Lipinski definition) is 12. The molecule has 0 saturated carbocycles. The van der Waals surface area contributed by atoms with Crippen molar-refractivity contribution in [3.05, 3.63) is 85.2 Å². The fourth-order valence-corrected chi connectivity index (χ4v) is 4.20. The molecule has 0 radical (unpaired) electrons. The molecule has 2 aliphatic heterocycles. The SMILES string of the molecule is C=COCOCCOc1ccc(C(=O)O[C@H]2CO[C@@H]3[C@H]2OC[C@@H]3OC(=O)c2ccc(OC(C)OC(=O)C=C)cc2)cc1. The van der Waals surface area contributed by atoms with Crippen molar-refractivity contribution in [1.29, 1.82) is 0 Å². The summed E-state index contributed by atoms with van der Waals surface area (Å²) in [5.41, 5.74) is 0.618. The average molecular weight is 585 g/mol. The van der Waals surface area contributed by atoms with Crippen LogP contribution >= 0.6 is 0 Å². The summed E-state index contributed by atoms with van der Waals surface area (Å²) in [6, 6.07) is 12.7. The van der Waals surface area contributed by atoms with Crippen molar-refractivity contribution < 1.29 is 57.0 Å². The van der Waals surface area contributed by atoms with Gasteiger partial charge in [-0.2, -0.15) is 0 Å². The minimum absolute atomic E-state index is 0.0952. The molecule has 2 fully saturated rings. The van der Waals surface area contributed by atoms with Gasteiger partial charge in [0.2, 0.25) is 6.29 Å². The summed E-state index contributed by atoms with van der Waals surface area (Å²) in [4.78, 5) is 36.7. The molecule has 1 unspecified atom stereocenters. The first kappa shape index (κ1) is 30.6. The first-order chi connectivity index (χ1) is 20.4. The summed E-state index contributed by atoms with van der Waals surface area (Å²) in [5, 5.41) is 0. The van der Waals surface area contributed by atoms with Crippen molar-refractivity contribution in [2.24, 2.45) is 0 Å². The van der Waals surface area contributed by atoms with E-state index in [0.29, 0.717) is 30.3 Å². The summed E-state index contributed by atoms with van der Waals surface area (Å²) in [5.74, 6) is -0.768. The molecule has 2 heterocycles. The third kappa shape index (κ3) is 8.32. The summed E-state index contributed by atoms with van der Waals surface area (Å²) in [6.45, 7) is 9.24. The Kier molecular flexibility index (Phi) is 10.9. The summed E-state index contributed by atoms with van der Waals surface area (Å²) in [7, 11) is 0. The Morgan fingerprint density at radius 1 is 0.857 bits per heavy atom. The number of fused-ring (bicyclic) bond motifs is 1. The van der Waals surface area contributed by atoms with Gasteiger partial charge in [0.05, 0.1) is 37.2 Å². The van der Waals surface area contributed by atoms with Crippen LogP contribution in [0.15, 0.2) is 74.0 Å². The molecule has 0 aromatic heterocycles. The molecule has 0 spiro atoms. The molecule has 12 heteroatoms. The molecule has 224 valence electrons. The van der Waals surface area contributed by atoms with E-state index < -0.39 is 48.6 Å². The van der Waals surface area contributed by atoms with Crippen molar-refractivity contribution in [3.63, 3.8) is 0 Å². The minimum atomic E-state index is -0.838. The van der Waals surface area contributed by atoms with Crippen molar-refractivity contribution >= 4 is 17.9 Å². The molecular weight excluding hydrogens is 552 g/mol. The van der Waals surface area contributed by atoms with Crippen LogP contribution in [0.3, 0.4) is 0 Å². The smallest absolute Gasteiger partial charge is 0.338 e. The second-order valence-corrected chi connectivity index (χ2v) is 9.07. The van der Waals surface area contributed by atoms with E-state index in [2.05, 4.69) is 13.2 Å². The highest BCUT2D eigenvalue weighted by Crippen LogP contribution is 2.31. The third-order valence-electron chi connectivity index (χ3n) is 6.18. The quantitative estimate of drug-likeness (QED) is 0.0760. The van der Waals surface area contributed by atoms with Crippen molar-refractivity contribution in [2.75, 3.05) is 33.2 Å². The van der Waals surface area contributed by atoms with Gasteiger partial charge in [-0.15, -0.1) is 0 Å². The number of rotatable bonds is 15. The maximum atomic E-state index is 12.7. The number of hydrogen-bond donors (Lipinski definition) is 0. The second-order valence-electron chi connectivity index (χ2n) is 9.07. The predicted molar refractivity (Wildman–Crippen MR) is 145 cm³/mol. The van der Waals surface area contributed by atoms with Crippen LogP contribution < -0.4 is 9.47 Å². The molecule has 0 aliphatic carbocycles. The highest BCUT2D eigenvalue weighted by atomic mass is 16.7. The molecule has 2 saturated heterocycles. The zero-order chi connectivity index (χ0) is 29.9. The predicted octanol–water partition coefficient (Wildman–Crippen LogP) is 3.20. The van der Waals surface area contributed by atoms with Crippen LogP contribution in [0, 0.1) is 0 Å². The van der Waals surface area contributed by atoms with Crippen LogP contribution in [0.2, 0.25) is 0 Å². The number of carbonyl (C=O) groups excluding carboxylic acids is 3. The average Bonchev–Trinajstić information content (AvgIpc) is 3.58. The van der Waals surface area contributed by atoms with Crippen molar-refractivity contribution in [3.8, 4) is 11.5 Å². The Morgan fingerprint density at radius 2 is 1.40 bits per heavy atom.